The van der Waals surface area contributed by atoms with Crippen LogP contribution in [0.3, 0.4) is 0 Å². The second kappa shape index (κ2) is 5.99. The van der Waals surface area contributed by atoms with E-state index in [4.69, 9.17) is 11.3 Å². The number of nitrogens with zero attached hydrogens (tertiary/aromatic N) is 2. The summed E-state index contributed by atoms with van der Waals surface area (Å²) in [7, 11) is 0. The van der Waals surface area contributed by atoms with Gasteiger partial charge in [0, 0.05) is 41.0 Å². The number of hydrogen-bond acceptors (Lipinski definition) is 3. The lowest BCUT2D eigenvalue weighted by Gasteiger charge is -2.20. The van der Waals surface area contributed by atoms with Crippen LogP contribution in [-0.4, -0.2) is 9.97 Å². The van der Waals surface area contributed by atoms with Crippen molar-refractivity contribution in [3.8, 4) is 11.3 Å². The van der Waals surface area contributed by atoms with Crippen LogP contribution in [0.1, 0.15) is 50.4 Å². The van der Waals surface area contributed by atoms with Gasteiger partial charge in [0.25, 0.3) is 0 Å². The van der Waals surface area contributed by atoms with Crippen molar-refractivity contribution in [1.29, 1.82) is 0 Å². The highest BCUT2D eigenvalue weighted by Gasteiger charge is 2.19. The molecule has 5 rings (SSSR count). The third kappa shape index (κ3) is 2.51. The first-order valence-electron chi connectivity index (χ1n) is 11.0. The van der Waals surface area contributed by atoms with Crippen LogP contribution >= 0.6 is 0 Å². The Bertz CT molecular complexity index is 1240. The number of rotatable bonds is 2. The average Bonchev–Trinajstić information content (AvgIpc) is 3.10. The highest BCUT2D eigenvalue weighted by molar-refractivity contribution is 6.08. The summed E-state index contributed by atoms with van der Waals surface area (Å²) in [4.78, 5) is 8.88. The monoisotopic (exact) mass is 333 g/mol. The van der Waals surface area contributed by atoms with Gasteiger partial charge in [0.15, 0.2) is 0 Å². The molecule has 0 aliphatic heterocycles. The number of benzene rings is 1. The van der Waals surface area contributed by atoms with Crippen LogP contribution in [0.15, 0.2) is 59.1 Å². The average molecular weight is 333 g/mol. The molecule has 1 aromatic carbocycles. The molecular formula is C22H20N2O. The first kappa shape index (κ1) is 10.3. The van der Waals surface area contributed by atoms with E-state index in [9.17, 15) is 0 Å². The predicted octanol–water partition coefficient (Wildman–Crippen LogP) is 6.09. The molecule has 3 heteroatoms. The van der Waals surface area contributed by atoms with Crippen LogP contribution in [-0.2, 0) is 0 Å². The molecule has 0 bridgehead atoms. The van der Waals surface area contributed by atoms with Crippen molar-refractivity contribution in [2.24, 2.45) is 0 Å². The van der Waals surface area contributed by atoms with Gasteiger partial charge in [0.05, 0.1) is 5.69 Å². The molecule has 3 aromatic heterocycles. The molecular weight excluding hydrogens is 308 g/mol. The molecule has 1 saturated carbocycles. The van der Waals surface area contributed by atoms with Crippen molar-refractivity contribution in [2.75, 3.05) is 0 Å². The van der Waals surface area contributed by atoms with E-state index in [0.717, 1.165) is 22.0 Å². The SMILES string of the molecule is [2H]C1([2H])CCCC([2H])([2H])C1([2H])c1ccc2c(n1)oc1c(-c3ccccn3)cccc12. The summed E-state index contributed by atoms with van der Waals surface area (Å²) in [6.45, 7) is 0. The molecule has 4 aromatic rings. The molecule has 0 spiro atoms. The molecule has 1 aliphatic carbocycles. The molecule has 3 nitrogen and oxygen atoms in total. The molecule has 124 valence electrons. The van der Waals surface area contributed by atoms with Crippen LogP contribution in [0.5, 0.6) is 0 Å². The number of pyridine rings is 2. The zero-order valence-electron chi connectivity index (χ0n) is 18.6. The van der Waals surface area contributed by atoms with Crippen LogP contribution in [0.2, 0.25) is 0 Å². The lowest BCUT2D eigenvalue weighted by Crippen LogP contribution is -2.06. The number of furan rings is 1. The minimum atomic E-state index is -2.12. The molecule has 0 N–H and O–H groups in total. The van der Waals surface area contributed by atoms with E-state index in [1.807, 2.05) is 36.4 Å². The summed E-state index contributed by atoms with van der Waals surface area (Å²) >= 11 is 0. The summed E-state index contributed by atoms with van der Waals surface area (Å²) in [5, 5.41) is 1.59. The van der Waals surface area contributed by atoms with Crippen molar-refractivity contribution in [3.63, 3.8) is 0 Å². The zero-order valence-corrected chi connectivity index (χ0v) is 13.6. The first-order valence-corrected chi connectivity index (χ1v) is 8.49. The third-order valence-corrected chi connectivity index (χ3v) is 4.52. The van der Waals surface area contributed by atoms with Gasteiger partial charge in [-0.3, -0.25) is 4.98 Å². The maximum atomic E-state index is 8.89. The van der Waals surface area contributed by atoms with Crippen LogP contribution in [0.4, 0.5) is 0 Å². The molecule has 0 saturated heterocycles. The Morgan fingerprint density at radius 1 is 0.960 bits per heavy atom. The van der Waals surface area contributed by atoms with Gasteiger partial charge in [0.1, 0.15) is 5.58 Å². The summed E-state index contributed by atoms with van der Waals surface area (Å²) < 4.78 is 48.5. The Labute approximate surface area is 153 Å². The van der Waals surface area contributed by atoms with E-state index in [2.05, 4.69) is 9.97 Å². The molecule has 0 atom stereocenters. The molecule has 1 fully saturated rings. The van der Waals surface area contributed by atoms with Gasteiger partial charge in [-0.15, -0.1) is 0 Å². The van der Waals surface area contributed by atoms with E-state index in [0.29, 0.717) is 12.0 Å². The largest absolute Gasteiger partial charge is 0.437 e. The zero-order chi connectivity index (χ0) is 21.1. The lowest BCUT2D eigenvalue weighted by atomic mass is 9.86. The Balaban J connectivity index is 1.73. The second-order valence-corrected chi connectivity index (χ2v) is 6.13. The number of para-hydroxylation sites is 1. The first-order chi connectivity index (χ1) is 14.2. The minimum absolute atomic E-state index is 0.0585. The number of fused-ring (bicyclic) bond motifs is 3. The van der Waals surface area contributed by atoms with Gasteiger partial charge in [0.2, 0.25) is 5.71 Å². The summed E-state index contributed by atoms with van der Waals surface area (Å²) in [5.74, 6) is -2.12. The lowest BCUT2D eigenvalue weighted by molar-refractivity contribution is 0.436. The second-order valence-electron chi connectivity index (χ2n) is 6.13. The van der Waals surface area contributed by atoms with Gasteiger partial charge >= 0.3 is 0 Å². The normalized spacial score (nSPS) is 24.1. The van der Waals surface area contributed by atoms with Gasteiger partial charge in [-0.2, -0.15) is 0 Å². The van der Waals surface area contributed by atoms with Crippen molar-refractivity contribution in [2.45, 2.75) is 37.9 Å². The van der Waals surface area contributed by atoms with E-state index in [1.54, 1.807) is 18.3 Å². The van der Waals surface area contributed by atoms with E-state index < -0.39 is 18.6 Å². The Morgan fingerprint density at radius 2 is 1.88 bits per heavy atom. The van der Waals surface area contributed by atoms with Crippen LogP contribution in [0, 0.1) is 0 Å². The van der Waals surface area contributed by atoms with E-state index >= 15 is 0 Å². The standard InChI is InChI=1S/C22H20N2O/c1-2-7-15(8-3-1)19-13-12-17-16-9-6-10-18(20-11-4-5-14-23-20)21(16)25-22(17)24-19/h4-6,9-15H,1-3,7-8H2/i7D2,8D2,15D. The highest BCUT2D eigenvalue weighted by atomic mass is 16.3. The Hall–Kier alpha value is -2.68. The molecule has 1 aliphatic rings. The quantitative estimate of drug-likeness (QED) is 0.445. The van der Waals surface area contributed by atoms with Crippen LogP contribution in [0.25, 0.3) is 33.3 Å². The van der Waals surface area contributed by atoms with E-state index in [-0.39, 0.29) is 24.2 Å². The van der Waals surface area contributed by atoms with Gasteiger partial charge in [-0.05, 0) is 43.1 Å². The third-order valence-electron chi connectivity index (χ3n) is 4.52. The number of hydrogen-bond donors (Lipinski definition) is 0. The van der Waals surface area contributed by atoms with Crippen molar-refractivity contribution < 1.29 is 11.3 Å². The smallest absolute Gasteiger partial charge is 0.227 e. The van der Waals surface area contributed by atoms with Crippen LogP contribution < -0.4 is 0 Å². The maximum absolute atomic E-state index is 8.89. The molecule has 0 amide bonds. The summed E-state index contributed by atoms with van der Waals surface area (Å²) in [6, 6.07) is 14.7. The molecule has 3 heterocycles. The fourth-order valence-corrected chi connectivity index (χ4v) is 3.30. The van der Waals surface area contributed by atoms with Crippen molar-refractivity contribution in [3.05, 3.63) is 60.4 Å². The summed E-state index contributed by atoms with van der Waals surface area (Å²) in [6.07, 6.45) is -1.72. The van der Waals surface area contributed by atoms with Crippen molar-refractivity contribution in [1.82, 2.24) is 9.97 Å². The highest BCUT2D eigenvalue weighted by Crippen LogP contribution is 2.37. The number of aromatic nitrogens is 2. The van der Waals surface area contributed by atoms with Gasteiger partial charge in [-0.1, -0.05) is 37.5 Å². The Kier molecular flexibility index (Phi) is 2.48. The van der Waals surface area contributed by atoms with Crippen molar-refractivity contribution >= 4 is 22.1 Å². The Morgan fingerprint density at radius 3 is 2.72 bits per heavy atom. The fourth-order valence-electron chi connectivity index (χ4n) is 3.30. The van der Waals surface area contributed by atoms with E-state index in [1.165, 1.54) is 0 Å². The molecule has 25 heavy (non-hydrogen) atoms. The predicted molar refractivity (Wildman–Crippen MR) is 101 cm³/mol. The minimum Gasteiger partial charge on any atom is -0.437 e. The van der Waals surface area contributed by atoms with Gasteiger partial charge < -0.3 is 4.42 Å². The topological polar surface area (TPSA) is 38.9 Å². The fraction of sp³-hybridized carbons (Fsp3) is 0.273. The molecule has 0 unspecified atom stereocenters. The summed E-state index contributed by atoms with van der Waals surface area (Å²) in [5.41, 5.74) is 2.53. The van der Waals surface area contributed by atoms with Gasteiger partial charge in [-0.25, -0.2) is 4.98 Å². The maximum Gasteiger partial charge on any atom is 0.227 e. The molecule has 0 radical (unpaired) electrons.